The number of esters is 1. The number of ether oxygens (including phenoxy) is 2. The van der Waals surface area contributed by atoms with Gasteiger partial charge in [0.05, 0.1) is 12.7 Å². The summed E-state index contributed by atoms with van der Waals surface area (Å²) < 4.78 is 10.8. The normalized spacial score (nSPS) is 15.1. The number of benzene rings is 2. The van der Waals surface area contributed by atoms with E-state index in [1.165, 1.54) is 17.7 Å². The Kier molecular flexibility index (Phi) is 6.07. The molecule has 0 spiro atoms. The standard InChI is InChI=1S/C25H28N2O3/c1-18-24(25(28)30-16-20-7-4-3-5-8-20)22-15-19(10-11-23(22)26-18)12-14-27-13-6-9-21(27)17-29-2/h3-5,7-8,10-11,15,17,26H,6,9,12-14,16H2,1-2H3/b21-17+. The molecular formula is C25H28N2O3. The Morgan fingerprint density at radius 2 is 2.00 bits per heavy atom. The number of nitrogens with zero attached hydrogens (tertiary/aromatic N) is 1. The zero-order valence-electron chi connectivity index (χ0n) is 17.6. The fourth-order valence-corrected chi connectivity index (χ4v) is 4.13. The van der Waals surface area contributed by atoms with E-state index >= 15 is 0 Å². The molecule has 156 valence electrons. The quantitative estimate of drug-likeness (QED) is 0.447. The van der Waals surface area contributed by atoms with E-state index in [1.807, 2.05) is 43.5 Å². The molecule has 0 unspecified atom stereocenters. The topological polar surface area (TPSA) is 54.6 Å². The number of methoxy groups -OCH3 is 1. The van der Waals surface area contributed by atoms with Crippen molar-refractivity contribution in [2.45, 2.75) is 32.8 Å². The van der Waals surface area contributed by atoms with Crippen LogP contribution in [0.3, 0.4) is 0 Å². The highest BCUT2D eigenvalue weighted by molar-refractivity contribution is 6.05. The van der Waals surface area contributed by atoms with E-state index in [4.69, 9.17) is 9.47 Å². The Morgan fingerprint density at radius 3 is 2.80 bits per heavy atom. The van der Waals surface area contributed by atoms with Crippen LogP contribution in [-0.2, 0) is 22.5 Å². The van der Waals surface area contributed by atoms with E-state index < -0.39 is 0 Å². The number of carbonyl (C=O) groups excluding carboxylic acids is 1. The molecule has 5 heteroatoms. The van der Waals surface area contributed by atoms with Crippen LogP contribution in [0.25, 0.3) is 10.9 Å². The van der Waals surface area contributed by atoms with Crippen LogP contribution in [0.2, 0.25) is 0 Å². The summed E-state index contributed by atoms with van der Waals surface area (Å²) in [6.07, 6.45) is 5.01. The summed E-state index contributed by atoms with van der Waals surface area (Å²) in [5.74, 6) is -0.287. The molecule has 2 heterocycles. The lowest BCUT2D eigenvalue weighted by Gasteiger charge is -2.19. The van der Waals surface area contributed by atoms with Gasteiger partial charge < -0.3 is 19.4 Å². The van der Waals surface area contributed by atoms with Crippen LogP contribution in [0.15, 0.2) is 60.5 Å². The average Bonchev–Trinajstić information content (AvgIpc) is 3.34. The highest BCUT2D eigenvalue weighted by Crippen LogP contribution is 2.26. The second-order valence-corrected chi connectivity index (χ2v) is 7.75. The number of aromatic amines is 1. The lowest BCUT2D eigenvalue weighted by molar-refractivity contribution is 0.0474. The maximum Gasteiger partial charge on any atom is 0.340 e. The van der Waals surface area contributed by atoms with Crippen molar-refractivity contribution in [3.63, 3.8) is 0 Å². The van der Waals surface area contributed by atoms with E-state index in [1.54, 1.807) is 7.11 Å². The molecule has 4 rings (SSSR count). The van der Waals surface area contributed by atoms with Crippen LogP contribution in [0.5, 0.6) is 0 Å². The first-order valence-corrected chi connectivity index (χ1v) is 10.4. The number of H-pyrrole nitrogens is 1. The van der Waals surface area contributed by atoms with Gasteiger partial charge in [0.25, 0.3) is 0 Å². The molecule has 0 atom stereocenters. The highest BCUT2D eigenvalue weighted by atomic mass is 16.5. The van der Waals surface area contributed by atoms with Crippen molar-refractivity contribution in [3.05, 3.63) is 82.9 Å². The predicted molar refractivity (Wildman–Crippen MR) is 118 cm³/mol. The van der Waals surface area contributed by atoms with Crippen LogP contribution < -0.4 is 0 Å². The first kappa shape index (κ1) is 20.1. The van der Waals surface area contributed by atoms with Crippen molar-refractivity contribution >= 4 is 16.9 Å². The number of rotatable bonds is 7. The number of aryl methyl sites for hydroxylation is 1. The summed E-state index contributed by atoms with van der Waals surface area (Å²) in [6, 6.07) is 16.1. The first-order chi connectivity index (χ1) is 14.7. The van der Waals surface area contributed by atoms with Crippen molar-refractivity contribution in [2.24, 2.45) is 0 Å². The van der Waals surface area contributed by atoms with E-state index in [2.05, 4.69) is 28.1 Å². The van der Waals surface area contributed by atoms with Gasteiger partial charge in [0, 0.05) is 35.4 Å². The third-order valence-electron chi connectivity index (χ3n) is 5.66. The molecule has 1 saturated heterocycles. The van der Waals surface area contributed by atoms with Gasteiger partial charge >= 0.3 is 5.97 Å². The van der Waals surface area contributed by atoms with E-state index in [0.29, 0.717) is 5.56 Å². The van der Waals surface area contributed by atoms with Crippen molar-refractivity contribution in [1.82, 2.24) is 9.88 Å². The zero-order chi connectivity index (χ0) is 20.9. The zero-order valence-corrected chi connectivity index (χ0v) is 17.6. The maximum absolute atomic E-state index is 12.8. The molecule has 0 saturated carbocycles. The fraction of sp³-hybridized carbons (Fsp3) is 0.320. The molecule has 1 N–H and O–H groups in total. The molecule has 1 aliphatic heterocycles. The highest BCUT2D eigenvalue weighted by Gasteiger charge is 2.19. The number of aromatic nitrogens is 1. The van der Waals surface area contributed by atoms with Crippen molar-refractivity contribution < 1.29 is 14.3 Å². The fourth-order valence-electron chi connectivity index (χ4n) is 4.13. The van der Waals surface area contributed by atoms with Crippen LogP contribution >= 0.6 is 0 Å². The second-order valence-electron chi connectivity index (χ2n) is 7.75. The molecule has 0 radical (unpaired) electrons. The molecular weight excluding hydrogens is 376 g/mol. The van der Waals surface area contributed by atoms with E-state index in [0.717, 1.165) is 48.1 Å². The SMILES string of the molecule is CO/C=C1\CCCN1CCc1ccc2[nH]c(C)c(C(=O)OCc3ccccc3)c2c1. The number of hydrogen-bond acceptors (Lipinski definition) is 4. The smallest absolute Gasteiger partial charge is 0.340 e. The number of fused-ring (bicyclic) bond motifs is 1. The first-order valence-electron chi connectivity index (χ1n) is 10.4. The molecule has 2 aromatic carbocycles. The lowest BCUT2D eigenvalue weighted by atomic mass is 10.1. The Balaban J connectivity index is 1.49. The van der Waals surface area contributed by atoms with Gasteiger partial charge in [-0.1, -0.05) is 36.4 Å². The minimum absolute atomic E-state index is 0.273. The molecule has 3 aromatic rings. The Bertz CT molecular complexity index is 1050. The minimum atomic E-state index is -0.287. The molecule has 0 aliphatic carbocycles. The van der Waals surface area contributed by atoms with Gasteiger partial charge in [-0.05, 0) is 49.4 Å². The lowest BCUT2D eigenvalue weighted by Crippen LogP contribution is -2.20. The number of allylic oxidation sites excluding steroid dienone is 1. The van der Waals surface area contributed by atoms with Crippen LogP contribution in [-0.4, -0.2) is 36.1 Å². The van der Waals surface area contributed by atoms with Gasteiger partial charge in [-0.25, -0.2) is 4.79 Å². The summed E-state index contributed by atoms with van der Waals surface area (Å²) in [4.78, 5) is 18.5. The molecule has 0 bridgehead atoms. The summed E-state index contributed by atoms with van der Waals surface area (Å²) in [7, 11) is 1.70. The van der Waals surface area contributed by atoms with Gasteiger partial charge in [-0.2, -0.15) is 0 Å². The van der Waals surface area contributed by atoms with Gasteiger partial charge in [0.15, 0.2) is 0 Å². The molecule has 1 fully saturated rings. The minimum Gasteiger partial charge on any atom is -0.503 e. The Morgan fingerprint density at radius 1 is 1.17 bits per heavy atom. The Hall–Kier alpha value is -3.21. The molecule has 5 nitrogen and oxygen atoms in total. The number of hydrogen-bond donors (Lipinski definition) is 1. The van der Waals surface area contributed by atoms with Crippen molar-refractivity contribution in [2.75, 3.05) is 20.2 Å². The monoisotopic (exact) mass is 404 g/mol. The third-order valence-corrected chi connectivity index (χ3v) is 5.66. The number of likely N-dealkylation sites (tertiary alicyclic amines) is 1. The number of carbonyl (C=O) groups is 1. The van der Waals surface area contributed by atoms with Gasteiger partial charge in [0.1, 0.15) is 12.9 Å². The third kappa shape index (κ3) is 4.35. The predicted octanol–water partition coefficient (Wildman–Crippen LogP) is 4.96. The Labute approximate surface area is 177 Å². The van der Waals surface area contributed by atoms with Crippen LogP contribution in [0, 0.1) is 6.92 Å². The summed E-state index contributed by atoms with van der Waals surface area (Å²) in [5.41, 5.74) is 5.89. The summed E-state index contributed by atoms with van der Waals surface area (Å²) >= 11 is 0. The van der Waals surface area contributed by atoms with Crippen molar-refractivity contribution in [3.8, 4) is 0 Å². The van der Waals surface area contributed by atoms with E-state index in [9.17, 15) is 4.79 Å². The van der Waals surface area contributed by atoms with E-state index in [-0.39, 0.29) is 12.6 Å². The van der Waals surface area contributed by atoms with Gasteiger partial charge in [0.2, 0.25) is 0 Å². The van der Waals surface area contributed by atoms with Crippen LogP contribution in [0.1, 0.15) is 40.0 Å². The van der Waals surface area contributed by atoms with Crippen molar-refractivity contribution in [1.29, 1.82) is 0 Å². The number of nitrogens with one attached hydrogen (secondary N) is 1. The molecule has 0 amide bonds. The molecule has 1 aliphatic rings. The maximum atomic E-state index is 12.8. The van der Waals surface area contributed by atoms with Gasteiger partial charge in [-0.15, -0.1) is 0 Å². The summed E-state index contributed by atoms with van der Waals surface area (Å²) in [5, 5.41) is 0.928. The summed E-state index contributed by atoms with van der Waals surface area (Å²) in [6.45, 7) is 4.20. The van der Waals surface area contributed by atoms with Gasteiger partial charge in [-0.3, -0.25) is 0 Å². The molecule has 30 heavy (non-hydrogen) atoms. The average molecular weight is 405 g/mol. The largest absolute Gasteiger partial charge is 0.503 e. The molecule has 1 aromatic heterocycles. The van der Waals surface area contributed by atoms with Crippen LogP contribution in [0.4, 0.5) is 0 Å². The second kappa shape index (κ2) is 9.08.